The Hall–Kier alpha value is -1.84. The second kappa shape index (κ2) is 7.88. The van der Waals surface area contributed by atoms with Crippen LogP contribution in [0.3, 0.4) is 0 Å². The summed E-state index contributed by atoms with van der Waals surface area (Å²) in [6.07, 6.45) is 7.61. The van der Waals surface area contributed by atoms with Crippen LogP contribution >= 0.6 is 0 Å². The number of amides is 2. The van der Waals surface area contributed by atoms with Gasteiger partial charge in [-0.05, 0) is 75.7 Å². The van der Waals surface area contributed by atoms with E-state index < -0.39 is 6.04 Å². The van der Waals surface area contributed by atoms with Crippen molar-refractivity contribution in [2.75, 3.05) is 13.1 Å². The predicted molar refractivity (Wildman–Crippen MR) is 111 cm³/mol. The Bertz CT molecular complexity index is 675. The molecule has 1 atom stereocenters. The summed E-state index contributed by atoms with van der Waals surface area (Å²) in [6, 6.07) is 9.59. The Labute approximate surface area is 169 Å². The molecule has 1 N–H and O–H groups in total. The first-order valence-corrected chi connectivity index (χ1v) is 11.2. The van der Waals surface area contributed by atoms with Gasteiger partial charge in [-0.15, -0.1) is 0 Å². The molecule has 0 saturated heterocycles. The van der Waals surface area contributed by atoms with Gasteiger partial charge in [-0.1, -0.05) is 30.3 Å². The molecule has 5 rings (SSSR count). The van der Waals surface area contributed by atoms with Crippen LogP contribution in [0.4, 0.5) is 0 Å². The van der Waals surface area contributed by atoms with E-state index in [-0.39, 0.29) is 17.2 Å². The largest absolute Gasteiger partial charge is 0.343 e. The van der Waals surface area contributed by atoms with Crippen molar-refractivity contribution >= 4 is 11.8 Å². The average Bonchev–Trinajstić information content (AvgIpc) is 2.68. The highest BCUT2D eigenvalue weighted by atomic mass is 16.2. The molecule has 4 fully saturated rings. The summed E-state index contributed by atoms with van der Waals surface area (Å²) in [6.45, 7) is 5.35. The van der Waals surface area contributed by atoms with Gasteiger partial charge in [-0.2, -0.15) is 0 Å². The van der Waals surface area contributed by atoms with Crippen LogP contribution in [-0.4, -0.2) is 35.8 Å². The lowest BCUT2D eigenvalue weighted by Gasteiger charge is -2.55. The molecular formula is C24H34N2O2. The molecule has 28 heavy (non-hydrogen) atoms. The molecule has 4 aliphatic carbocycles. The zero-order chi connectivity index (χ0) is 19.7. The predicted octanol–water partition coefficient (Wildman–Crippen LogP) is 3.80. The molecular weight excluding hydrogens is 348 g/mol. The number of benzene rings is 1. The second-order valence-corrected chi connectivity index (χ2v) is 9.42. The van der Waals surface area contributed by atoms with E-state index in [1.807, 2.05) is 49.1 Å². The fourth-order valence-electron chi connectivity index (χ4n) is 6.51. The fourth-order valence-corrected chi connectivity index (χ4v) is 6.51. The number of likely N-dealkylation sites (N-methyl/N-ethyl adjacent to an activating group) is 1. The van der Waals surface area contributed by atoms with E-state index in [0.717, 1.165) is 42.6 Å². The van der Waals surface area contributed by atoms with Crippen LogP contribution < -0.4 is 5.32 Å². The van der Waals surface area contributed by atoms with Gasteiger partial charge < -0.3 is 10.2 Å². The van der Waals surface area contributed by atoms with E-state index in [1.165, 1.54) is 19.3 Å². The maximum absolute atomic E-state index is 13.5. The minimum Gasteiger partial charge on any atom is -0.343 e. The van der Waals surface area contributed by atoms with E-state index in [4.69, 9.17) is 0 Å². The van der Waals surface area contributed by atoms with Gasteiger partial charge in [-0.25, -0.2) is 0 Å². The van der Waals surface area contributed by atoms with Crippen molar-refractivity contribution in [3.05, 3.63) is 35.9 Å². The molecule has 152 valence electrons. The normalized spacial score (nSPS) is 31.4. The number of nitrogens with one attached hydrogen (secondary N) is 1. The summed E-state index contributed by atoms with van der Waals surface area (Å²) in [5.74, 6) is 2.37. The lowest BCUT2D eigenvalue weighted by atomic mass is 9.49. The van der Waals surface area contributed by atoms with Crippen molar-refractivity contribution in [2.24, 2.45) is 23.2 Å². The summed E-state index contributed by atoms with van der Waals surface area (Å²) < 4.78 is 0. The Kier molecular flexibility index (Phi) is 5.48. The van der Waals surface area contributed by atoms with Gasteiger partial charge in [0.05, 0.1) is 0 Å². The summed E-state index contributed by atoms with van der Waals surface area (Å²) in [5, 5.41) is 3.24. The first kappa shape index (κ1) is 19.5. The number of hydrogen-bond acceptors (Lipinski definition) is 2. The van der Waals surface area contributed by atoms with Crippen LogP contribution in [0.1, 0.15) is 57.9 Å². The Morgan fingerprint density at radius 2 is 1.54 bits per heavy atom. The third-order valence-electron chi connectivity index (χ3n) is 7.48. The van der Waals surface area contributed by atoms with E-state index in [2.05, 4.69) is 5.32 Å². The van der Waals surface area contributed by atoms with Gasteiger partial charge in [0.25, 0.3) is 0 Å². The maximum atomic E-state index is 13.5. The zero-order valence-electron chi connectivity index (χ0n) is 17.3. The number of carbonyl (C=O) groups excluding carboxylic acids is 2. The van der Waals surface area contributed by atoms with Crippen LogP contribution in [0.2, 0.25) is 0 Å². The summed E-state index contributed by atoms with van der Waals surface area (Å²) in [4.78, 5) is 28.5. The van der Waals surface area contributed by atoms with Crippen molar-refractivity contribution in [2.45, 2.75) is 64.8 Å². The van der Waals surface area contributed by atoms with Crippen molar-refractivity contribution in [3.8, 4) is 0 Å². The third kappa shape index (κ3) is 3.70. The van der Waals surface area contributed by atoms with Crippen LogP contribution in [0.25, 0.3) is 0 Å². The van der Waals surface area contributed by atoms with Crippen molar-refractivity contribution in [3.63, 3.8) is 0 Å². The monoisotopic (exact) mass is 382 g/mol. The molecule has 1 aromatic carbocycles. The first-order valence-electron chi connectivity index (χ1n) is 11.2. The molecule has 4 saturated carbocycles. The van der Waals surface area contributed by atoms with Gasteiger partial charge in [-0.3, -0.25) is 9.59 Å². The van der Waals surface area contributed by atoms with Crippen molar-refractivity contribution in [1.29, 1.82) is 0 Å². The fraction of sp³-hybridized carbons (Fsp3) is 0.667. The van der Waals surface area contributed by atoms with E-state index in [9.17, 15) is 9.59 Å². The zero-order valence-corrected chi connectivity index (χ0v) is 17.3. The molecule has 4 bridgehead atoms. The lowest BCUT2D eigenvalue weighted by molar-refractivity contribution is -0.149. The lowest BCUT2D eigenvalue weighted by Crippen LogP contribution is -2.58. The molecule has 1 aromatic rings. The van der Waals surface area contributed by atoms with Crippen LogP contribution in [0.15, 0.2) is 30.3 Å². The highest BCUT2D eigenvalue weighted by molar-refractivity contribution is 5.90. The molecule has 4 nitrogen and oxygen atoms in total. The summed E-state index contributed by atoms with van der Waals surface area (Å²) >= 11 is 0. The highest BCUT2D eigenvalue weighted by Gasteiger charge is 2.55. The molecule has 2 amide bonds. The molecule has 0 aromatic heterocycles. The third-order valence-corrected chi connectivity index (χ3v) is 7.48. The summed E-state index contributed by atoms with van der Waals surface area (Å²) in [7, 11) is 0. The second-order valence-electron chi connectivity index (χ2n) is 9.42. The van der Waals surface area contributed by atoms with E-state index >= 15 is 0 Å². The van der Waals surface area contributed by atoms with Gasteiger partial charge in [0, 0.05) is 24.9 Å². The molecule has 4 heteroatoms. The van der Waals surface area contributed by atoms with Gasteiger partial charge in [0.1, 0.15) is 6.04 Å². The van der Waals surface area contributed by atoms with Crippen molar-refractivity contribution in [1.82, 2.24) is 10.2 Å². The molecule has 0 aliphatic heterocycles. The van der Waals surface area contributed by atoms with Crippen LogP contribution in [-0.2, 0) is 16.0 Å². The van der Waals surface area contributed by atoms with Gasteiger partial charge in [0.2, 0.25) is 11.8 Å². The topological polar surface area (TPSA) is 49.4 Å². The molecule has 4 aliphatic rings. The average molecular weight is 383 g/mol. The van der Waals surface area contributed by atoms with Gasteiger partial charge >= 0.3 is 0 Å². The number of rotatable bonds is 7. The Balaban J connectivity index is 1.53. The molecule has 1 unspecified atom stereocenters. The van der Waals surface area contributed by atoms with E-state index in [0.29, 0.717) is 19.5 Å². The Morgan fingerprint density at radius 1 is 1.00 bits per heavy atom. The number of nitrogens with zero attached hydrogens (tertiary/aromatic N) is 1. The molecule has 0 radical (unpaired) electrons. The summed E-state index contributed by atoms with van der Waals surface area (Å²) in [5.41, 5.74) is 0.881. The maximum Gasteiger partial charge on any atom is 0.245 e. The quantitative estimate of drug-likeness (QED) is 0.780. The highest BCUT2D eigenvalue weighted by Crippen LogP contribution is 2.60. The molecule has 0 spiro atoms. The van der Waals surface area contributed by atoms with Crippen LogP contribution in [0, 0.1) is 23.2 Å². The van der Waals surface area contributed by atoms with Crippen LogP contribution in [0.5, 0.6) is 0 Å². The van der Waals surface area contributed by atoms with E-state index in [1.54, 1.807) is 0 Å². The minimum absolute atomic E-state index is 0.0481. The first-order chi connectivity index (χ1) is 13.5. The number of hydrogen-bond donors (Lipinski definition) is 1. The number of carbonyl (C=O) groups is 2. The smallest absolute Gasteiger partial charge is 0.245 e. The molecule has 0 heterocycles. The minimum atomic E-state index is -0.470. The van der Waals surface area contributed by atoms with Gasteiger partial charge in [0.15, 0.2) is 0 Å². The standard InChI is InChI=1S/C24H34N2O2/c1-3-26(4-2)22(27)21(13-17-8-6-5-7-9-17)25-23(28)24-14-18-10-19(15-24)12-20(11-18)16-24/h5-9,18-21H,3-4,10-16H2,1-2H3,(H,25,28). The Morgan fingerprint density at radius 3 is 2.04 bits per heavy atom. The SMILES string of the molecule is CCN(CC)C(=O)C(Cc1ccccc1)NC(=O)C12CC3CC(CC(C3)C1)C2. The van der Waals surface area contributed by atoms with Crippen molar-refractivity contribution < 1.29 is 9.59 Å².